The molecular formula is C21H22N2O5S. The minimum Gasteiger partial charge on any atom is -0.456 e. The zero-order valence-corrected chi connectivity index (χ0v) is 17.0. The van der Waals surface area contributed by atoms with E-state index in [4.69, 9.17) is 4.74 Å². The van der Waals surface area contributed by atoms with Gasteiger partial charge in [0.2, 0.25) is 5.91 Å². The molecule has 1 aliphatic rings. The fourth-order valence-corrected chi connectivity index (χ4v) is 3.61. The van der Waals surface area contributed by atoms with Crippen LogP contribution in [0, 0.1) is 5.92 Å². The molecule has 0 spiro atoms. The van der Waals surface area contributed by atoms with Crippen molar-refractivity contribution < 1.29 is 23.9 Å². The van der Waals surface area contributed by atoms with E-state index < -0.39 is 18.6 Å². The van der Waals surface area contributed by atoms with E-state index in [2.05, 4.69) is 10.6 Å². The first kappa shape index (κ1) is 20.7. The Morgan fingerprint density at radius 3 is 2.69 bits per heavy atom. The van der Waals surface area contributed by atoms with Crippen molar-refractivity contribution in [3.8, 4) is 0 Å². The van der Waals surface area contributed by atoms with Crippen molar-refractivity contribution in [3.63, 3.8) is 0 Å². The minimum atomic E-state index is -0.851. The van der Waals surface area contributed by atoms with Crippen LogP contribution in [-0.4, -0.2) is 36.2 Å². The van der Waals surface area contributed by atoms with Crippen molar-refractivity contribution in [2.75, 3.05) is 11.9 Å². The zero-order chi connectivity index (χ0) is 21.0. The van der Waals surface area contributed by atoms with Crippen molar-refractivity contribution in [3.05, 3.63) is 51.7 Å². The highest BCUT2D eigenvalue weighted by Crippen LogP contribution is 2.23. The highest BCUT2D eigenvalue weighted by atomic mass is 32.1. The maximum absolute atomic E-state index is 12.5. The molecule has 8 heteroatoms. The SMILES string of the molecule is CC(C)[C@H](NC(=O)c1cccs1)C(=O)OCC(=O)c1ccc2c(c1)CCC(=O)N2. The normalized spacial score (nSPS) is 14.0. The summed E-state index contributed by atoms with van der Waals surface area (Å²) in [6, 6.07) is 7.56. The third-order valence-electron chi connectivity index (χ3n) is 4.62. The van der Waals surface area contributed by atoms with Crippen LogP contribution in [0.15, 0.2) is 35.7 Å². The first-order valence-electron chi connectivity index (χ1n) is 9.32. The summed E-state index contributed by atoms with van der Waals surface area (Å²) < 4.78 is 5.19. The average molecular weight is 414 g/mol. The van der Waals surface area contributed by atoms with Gasteiger partial charge in [0, 0.05) is 17.7 Å². The highest BCUT2D eigenvalue weighted by Gasteiger charge is 2.27. The molecule has 152 valence electrons. The Balaban J connectivity index is 1.60. The highest BCUT2D eigenvalue weighted by molar-refractivity contribution is 7.12. The molecule has 2 aromatic rings. The number of carbonyl (C=O) groups excluding carboxylic acids is 4. The maximum Gasteiger partial charge on any atom is 0.329 e. The Morgan fingerprint density at radius 2 is 2.00 bits per heavy atom. The molecule has 2 heterocycles. The van der Waals surface area contributed by atoms with E-state index in [0.717, 1.165) is 5.56 Å². The maximum atomic E-state index is 12.5. The van der Waals surface area contributed by atoms with Gasteiger partial charge >= 0.3 is 5.97 Å². The first-order chi connectivity index (χ1) is 13.8. The zero-order valence-electron chi connectivity index (χ0n) is 16.2. The van der Waals surface area contributed by atoms with E-state index in [1.807, 2.05) is 0 Å². The summed E-state index contributed by atoms with van der Waals surface area (Å²) in [7, 11) is 0. The number of amides is 2. The number of esters is 1. The Morgan fingerprint density at radius 1 is 1.21 bits per heavy atom. The van der Waals surface area contributed by atoms with Crippen LogP contribution in [-0.2, 0) is 20.7 Å². The molecule has 1 aromatic heterocycles. The summed E-state index contributed by atoms with van der Waals surface area (Å²) in [6.45, 7) is 3.17. The summed E-state index contributed by atoms with van der Waals surface area (Å²) >= 11 is 1.28. The number of ether oxygens (including phenoxy) is 1. The van der Waals surface area contributed by atoms with Gasteiger partial charge in [0.15, 0.2) is 12.4 Å². The standard InChI is InChI=1S/C21H22N2O5S/c1-12(2)19(23-20(26)17-4-3-9-29-17)21(27)28-11-16(24)14-5-7-15-13(10-14)6-8-18(25)22-15/h3-5,7,9-10,12,19H,6,8,11H2,1-2H3,(H,22,25)(H,23,26)/t19-/m0/s1. The quantitative estimate of drug-likeness (QED) is 0.536. The summed E-state index contributed by atoms with van der Waals surface area (Å²) in [4.78, 5) is 49.1. The van der Waals surface area contributed by atoms with Crippen LogP contribution in [0.25, 0.3) is 0 Å². The van der Waals surface area contributed by atoms with Crippen LogP contribution < -0.4 is 10.6 Å². The third kappa shape index (κ3) is 5.08. The van der Waals surface area contributed by atoms with Crippen molar-refractivity contribution in [1.29, 1.82) is 0 Å². The monoisotopic (exact) mass is 414 g/mol. The lowest BCUT2D eigenvalue weighted by Gasteiger charge is -2.20. The number of ketones is 1. The second-order valence-electron chi connectivity index (χ2n) is 7.12. The molecule has 7 nitrogen and oxygen atoms in total. The molecule has 0 bridgehead atoms. The molecule has 29 heavy (non-hydrogen) atoms. The fourth-order valence-electron chi connectivity index (χ4n) is 2.98. The molecule has 2 N–H and O–H groups in total. The number of rotatable bonds is 7. The van der Waals surface area contributed by atoms with Crippen molar-refractivity contribution in [1.82, 2.24) is 5.32 Å². The molecule has 3 rings (SSSR count). The third-order valence-corrected chi connectivity index (χ3v) is 5.49. The number of carbonyl (C=O) groups is 4. The van der Waals surface area contributed by atoms with Crippen molar-refractivity contribution >= 4 is 40.6 Å². The summed E-state index contributed by atoms with van der Waals surface area (Å²) in [5.74, 6) is -1.59. The predicted molar refractivity (Wildman–Crippen MR) is 109 cm³/mol. The van der Waals surface area contributed by atoms with E-state index in [-0.39, 0.29) is 23.5 Å². The molecule has 0 aliphatic carbocycles. The van der Waals surface area contributed by atoms with E-state index in [9.17, 15) is 19.2 Å². The average Bonchev–Trinajstić information content (AvgIpc) is 3.24. The molecular weight excluding hydrogens is 392 g/mol. The van der Waals surface area contributed by atoms with Crippen LogP contribution in [0.4, 0.5) is 5.69 Å². The van der Waals surface area contributed by atoms with Gasteiger partial charge in [-0.25, -0.2) is 4.79 Å². The van der Waals surface area contributed by atoms with E-state index >= 15 is 0 Å². The molecule has 2 amide bonds. The van der Waals surface area contributed by atoms with E-state index in [1.165, 1.54) is 11.3 Å². The van der Waals surface area contributed by atoms with Gasteiger partial charge in [0.1, 0.15) is 6.04 Å². The lowest BCUT2D eigenvalue weighted by molar-refractivity contribution is -0.146. The van der Waals surface area contributed by atoms with Gasteiger partial charge in [0.05, 0.1) is 4.88 Å². The number of Topliss-reactive ketones (excluding diaryl/α,β-unsaturated/α-hetero) is 1. The first-order valence-corrected chi connectivity index (χ1v) is 10.2. The largest absolute Gasteiger partial charge is 0.456 e. The molecule has 0 fully saturated rings. The van der Waals surface area contributed by atoms with E-state index in [0.29, 0.717) is 29.0 Å². The van der Waals surface area contributed by atoms with Gasteiger partial charge in [-0.3, -0.25) is 14.4 Å². The Labute approximate surface area is 172 Å². The lowest BCUT2D eigenvalue weighted by atomic mass is 9.99. The number of hydrogen-bond donors (Lipinski definition) is 2. The molecule has 0 saturated heterocycles. The number of thiophene rings is 1. The van der Waals surface area contributed by atoms with Crippen molar-refractivity contribution in [2.24, 2.45) is 5.92 Å². The second kappa shape index (κ2) is 9.00. The van der Waals surface area contributed by atoms with Gasteiger partial charge in [-0.15, -0.1) is 11.3 Å². The summed E-state index contributed by atoms with van der Waals surface area (Å²) in [6.07, 6.45) is 0.936. The van der Waals surface area contributed by atoms with E-state index in [1.54, 1.807) is 49.6 Å². The molecule has 0 saturated carbocycles. The fraction of sp³-hybridized carbons (Fsp3) is 0.333. The minimum absolute atomic E-state index is 0.0465. The summed E-state index contributed by atoms with van der Waals surface area (Å²) in [5, 5.41) is 7.21. The Bertz CT molecular complexity index is 937. The van der Waals surface area contributed by atoms with Crippen LogP contribution in [0.3, 0.4) is 0 Å². The topological polar surface area (TPSA) is 102 Å². The Hall–Kier alpha value is -3.00. The number of anilines is 1. The molecule has 1 atom stereocenters. The van der Waals surface area contributed by atoms with Gasteiger partial charge in [0.25, 0.3) is 5.91 Å². The van der Waals surface area contributed by atoms with Crippen LogP contribution in [0.5, 0.6) is 0 Å². The number of benzene rings is 1. The lowest BCUT2D eigenvalue weighted by Crippen LogP contribution is -2.45. The van der Waals surface area contributed by atoms with Gasteiger partial charge in [-0.2, -0.15) is 0 Å². The number of nitrogens with one attached hydrogen (secondary N) is 2. The van der Waals surface area contributed by atoms with Gasteiger partial charge in [-0.1, -0.05) is 19.9 Å². The second-order valence-corrected chi connectivity index (χ2v) is 8.07. The smallest absolute Gasteiger partial charge is 0.329 e. The predicted octanol–water partition coefficient (Wildman–Crippen LogP) is 2.81. The number of fused-ring (bicyclic) bond motifs is 1. The van der Waals surface area contributed by atoms with Crippen molar-refractivity contribution in [2.45, 2.75) is 32.7 Å². The molecule has 0 radical (unpaired) electrons. The molecule has 1 aromatic carbocycles. The van der Waals surface area contributed by atoms with Crippen LogP contribution in [0.2, 0.25) is 0 Å². The van der Waals surface area contributed by atoms with Gasteiger partial charge < -0.3 is 15.4 Å². The number of aryl methyl sites for hydroxylation is 1. The number of hydrogen-bond acceptors (Lipinski definition) is 6. The summed E-state index contributed by atoms with van der Waals surface area (Å²) in [5.41, 5.74) is 1.99. The van der Waals surface area contributed by atoms with Crippen LogP contribution >= 0.6 is 11.3 Å². The molecule has 0 unspecified atom stereocenters. The molecule has 1 aliphatic heterocycles. The Kier molecular flexibility index (Phi) is 6.43. The van der Waals surface area contributed by atoms with Crippen LogP contribution in [0.1, 0.15) is 45.9 Å². The van der Waals surface area contributed by atoms with Gasteiger partial charge in [-0.05, 0) is 47.5 Å².